The summed E-state index contributed by atoms with van der Waals surface area (Å²) in [6, 6.07) is 21.0. The van der Waals surface area contributed by atoms with E-state index in [9.17, 15) is 0 Å². The van der Waals surface area contributed by atoms with Gasteiger partial charge in [0.05, 0.1) is 6.61 Å². The average Bonchev–Trinajstić information content (AvgIpc) is 3.04. The van der Waals surface area contributed by atoms with E-state index in [0.29, 0.717) is 0 Å². The Morgan fingerprint density at radius 1 is 0.815 bits per heavy atom. The molecule has 27 heavy (non-hydrogen) atoms. The summed E-state index contributed by atoms with van der Waals surface area (Å²) in [6.45, 7) is 14.3. The lowest BCUT2D eigenvalue weighted by atomic mass is 10.0. The van der Waals surface area contributed by atoms with Gasteiger partial charge in [0.15, 0.2) is 0 Å². The van der Waals surface area contributed by atoms with Crippen LogP contribution in [0, 0.1) is 0 Å². The van der Waals surface area contributed by atoms with Gasteiger partial charge in [-0.05, 0) is 30.6 Å². The maximum Gasteiger partial charge on any atom is 0.108 e. The van der Waals surface area contributed by atoms with Crippen LogP contribution in [0.1, 0.15) is 51.3 Å². The molecule has 0 radical (unpaired) electrons. The van der Waals surface area contributed by atoms with E-state index >= 15 is 0 Å². The van der Waals surface area contributed by atoms with Crippen LogP contribution in [-0.4, -0.2) is 44.2 Å². The molecule has 1 heterocycles. The van der Waals surface area contributed by atoms with Crippen molar-refractivity contribution in [1.29, 1.82) is 0 Å². The normalized spacial score (nSPS) is 14.4. The Bertz CT molecular complexity index is 512. The Morgan fingerprint density at radius 2 is 1.37 bits per heavy atom. The Kier molecular flexibility index (Phi) is 13.3. The second kappa shape index (κ2) is 15.4. The number of benzene rings is 2. The van der Waals surface area contributed by atoms with Crippen LogP contribution in [-0.2, 0) is 4.74 Å². The Balaban J connectivity index is 0.000000855. The number of nitrogens with zero attached hydrogens (tertiary/aromatic N) is 1. The van der Waals surface area contributed by atoms with Crippen LogP contribution in [0.25, 0.3) is 0 Å². The van der Waals surface area contributed by atoms with Gasteiger partial charge in [-0.2, -0.15) is 0 Å². The predicted molar refractivity (Wildman–Crippen MR) is 117 cm³/mol. The SMILES string of the molecule is CC.CC.c1ccc(C(OCCN2CCCNCC2)c2ccccc2)cc1. The molecule has 1 aliphatic rings. The molecule has 0 amide bonds. The van der Waals surface area contributed by atoms with Crippen molar-refractivity contribution in [3.05, 3.63) is 71.8 Å². The predicted octanol–water partition coefficient (Wildman–Crippen LogP) is 5.14. The first-order valence-corrected chi connectivity index (χ1v) is 10.6. The highest BCUT2D eigenvalue weighted by Crippen LogP contribution is 2.25. The Hall–Kier alpha value is -1.68. The highest BCUT2D eigenvalue weighted by molar-refractivity contribution is 5.29. The molecule has 1 fully saturated rings. The molecule has 0 unspecified atom stereocenters. The molecule has 3 rings (SSSR count). The summed E-state index contributed by atoms with van der Waals surface area (Å²) in [7, 11) is 0. The zero-order valence-corrected chi connectivity index (χ0v) is 17.7. The van der Waals surface area contributed by atoms with Gasteiger partial charge in [-0.25, -0.2) is 0 Å². The summed E-state index contributed by atoms with van der Waals surface area (Å²) >= 11 is 0. The van der Waals surface area contributed by atoms with Crippen LogP contribution >= 0.6 is 0 Å². The molecule has 0 aromatic heterocycles. The molecule has 1 N–H and O–H groups in total. The lowest BCUT2D eigenvalue weighted by molar-refractivity contribution is 0.0611. The smallest absolute Gasteiger partial charge is 0.108 e. The van der Waals surface area contributed by atoms with Crippen molar-refractivity contribution in [2.45, 2.75) is 40.2 Å². The van der Waals surface area contributed by atoms with Crippen molar-refractivity contribution in [1.82, 2.24) is 10.2 Å². The second-order valence-electron chi connectivity index (χ2n) is 6.02. The largest absolute Gasteiger partial charge is 0.367 e. The summed E-state index contributed by atoms with van der Waals surface area (Å²) in [6.07, 6.45) is 1.24. The average molecular weight is 371 g/mol. The monoisotopic (exact) mass is 370 g/mol. The summed E-state index contributed by atoms with van der Waals surface area (Å²) in [5.74, 6) is 0. The zero-order chi connectivity index (χ0) is 19.7. The molecule has 0 spiro atoms. The fourth-order valence-electron chi connectivity index (χ4n) is 3.07. The van der Waals surface area contributed by atoms with Gasteiger partial charge in [0, 0.05) is 19.6 Å². The highest BCUT2D eigenvalue weighted by atomic mass is 16.5. The van der Waals surface area contributed by atoms with E-state index in [1.807, 2.05) is 27.7 Å². The molecule has 150 valence electrons. The Morgan fingerprint density at radius 3 is 1.93 bits per heavy atom. The molecule has 3 nitrogen and oxygen atoms in total. The van der Waals surface area contributed by atoms with Crippen molar-refractivity contribution in [2.24, 2.45) is 0 Å². The third-order valence-corrected chi connectivity index (χ3v) is 4.33. The van der Waals surface area contributed by atoms with Crippen molar-refractivity contribution >= 4 is 0 Å². The summed E-state index contributed by atoms with van der Waals surface area (Å²) in [4.78, 5) is 2.49. The number of hydrogen-bond acceptors (Lipinski definition) is 3. The van der Waals surface area contributed by atoms with E-state index < -0.39 is 0 Å². The molecular formula is C24H38N2O. The first-order chi connectivity index (χ1) is 13.4. The van der Waals surface area contributed by atoms with Crippen molar-refractivity contribution in [2.75, 3.05) is 39.3 Å². The van der Waals surface area contributed by atoms with Gasteiger partial charge in [0.1, 0.15) is 6.10 Å². The van der Waals surface area contributed by atoms with Gasteiger partial charge in [0.25, 0.3) is 0 Å². The minimum Gasteiger partial charge on any atom is -0.367 e. The number of rotatable bonds is 6. The van der Waals surface area contributed by atoms with Gasteiger partial charge in [-0.1, -0.05) is 88.4 Å². The van der Waals surface area contributed by atoms with E-state index in [0.717, 1.165) is 39.3 Å². The fourth-order valence-corrected chi connectivity index (χ4v) is 3.07. The third kappa shape index (κ3) is 8.70. The van der Waals surface area contributed by atoms with Gasteiger partial charge < -0.3 is 10.1 Å². The van der Waals surface area contributed by atoms with E-state index in [1.165, 1.54) is 17.5 Å². The summed E-state index contributed by atoms with van der Waals surface area (Å²) in [5.41, 5.74) is 2.44. The lowest BCUT2D eigenvalue weighted by Crippen LogP contribution is -2.31. The van der Waals surface area contributed by atoms with E-state index in [2.05, 4.69) is 70.9 Å². The van der Waals surface area contributed by atoms with E-state index in [4.69, 9.17) is 4.74 Å². The standard InChI is InChI=1S/C20H26N2O.2C2H6/c1-3-8-18(9-4-1)20(19-10-5-2-6-11-19)23-17-16-22-14-7-12-21-13-15-22;2*1-2/h1-6,8-11,20-21H,7,12-17H2;2*1-2H3. The molecule has 0 saturated carbocycles. The zero-order valence-electron chi connectivity index (χ0n) is 17.7. The lowest BCUT2D eigenvalue weighted by Gasteiger charge is -2.23. The van der Waals surface area contributed by atoms with Crippen molar-refractivity contribution in [3.63, 3.8) is 0 Å². The van der Waals surface area contributed by atoms with Crippen LogP contribution in [0.3, 0.4) is 0 Å². The molecule has 0 bridgehead atoms. The first-order valence-electron chi connectivity index (χ1n) is 10.6. The van der Waals surface area contributed by atoms with Crippen molar-refractivity contribution in [3.8, 4) is 0 Å². The Labute approximate surface area is 166 Å². The maximum atomic E-state index is 6.30. The number of ether oxygens (including phenoxy) is 1. The molecule has 0 atom stereocenters. The van der Waals surface area contributed by atoms with Crippen molar-refractivity contribution < 1.29 is 4.74 Å². The van der Waals surface area contributed by atoms with Crippen LogP contribution in [0.5, 0.6) is 0 Å². The molecule has 1 aliphatic heterocycles. The molecule has 1 saturated heterocycles. The fraction of sp³-hybridized carbons (Fsp3) is 0.500. The third-order valence-electron chi connectivity index (χ3n) is 4.33. The minimum atomic E-state index is 0.0162. The van der Waals surface area contributed by atoms with Gasteiger partial charge in [0.2, 0.25) is 0 Å². The van der Waals surface area contributed by atoms with Gasteiger partial charge >= 0.3 is 0 Å². The molecular weight excluding hydrogens is 332 g/mol. The molecule has 2 aromatic rings. The minimum absolute atomic E-state index is 0.0162. The topological polar surface area (TPSA) is 24.5 Å². The highest BCUT2D eigenvalue weighted by Gasteiger charge is 2.15. The molecule has 0 aliphatic carbocycles. The maximum absolute atomic E-state index is 6.30. The number of hydrogen-bond donors (Lipinski definition) is 1. The number of nitrogens with one attached hydrogen (secondary N) is 1. The molecule has 2 aromatic carbocycles. The van der Waals surface area contributed by atoms with Gasteiger partial charge in [-0.3, -0.25) is 4.90 Å². The summed E-state index contributed by atoms with van der Waals surface area (Å²) < 4.78 is 6.30. The van der Waals surface area contributed by atoms with E-state index in [1.54, 1.807) is 0 Å². The quantitative estimate of drug-likeness (QED) is 0.762. The first kappa shape index (κ1) is 23.4. The summed E-state index contributed by atoms with van der Waals surface area (Å²) in [5, 5.41) is 3.45. The van der Waals surface area contributed by atoms with E-state index in [-0.39, 0.29) is 6.10 Å². The van der Waals surface area contributed by atoms with Crippen LogP contribution in [0.2, 0.25) is 0 Å². The van der Waals surface area contributed by atoms with Crippen LogP contribution in [0.4, 0.5) is 0 Å². The van der Waals surface area contributed by atoms with Gasteiger partial charge in [-0.15, -0.1) is 0 Å². The van der Waals surface area contributed by atoms with Crippen LogP contribution in [0.15, 0.2) is 60.7 Å². The van der Waals surface area contributed by atoms with Crippen LogP contribution < -0.4 is 5.32 Å². The second-order valence-corrected chi connectivity index (χ2v) is 6.02. The molecule has 3 heteroatoms.